The van der Waals surface area contributed by atoms with Crippen LogP contribution >= 0.6 is 0 Å². The molecule has 0 spiro atoms. The Morgan fingerprint density at radius 2 is 2.41 bits per heavy atom. The minimum atomic E-state index is -0.277. The van der Waals surface area contributed by atoms with E-state index in [1.165, 1.54) is 17.2 Å². The molecule has 0 radical (unpaired) electrons. The van der Waals surface area contributed by atoms with E-state index in [0.717, 1.165) is 5.69 Å². The summed E-state index contributed by atoms with van der Waals surface area (Å²) in [5, 5.41) is 6.61. The number of anilines is 1. The standard InChI is InChI=1S/C10H12N6O/c1-16-9(8(11)5-15-16)10(17)13-4-7-2-3-12-6-14-7/h2-3,5-6H,4,11H2,1H3,(H,13,17). The minimum Gasteiger partial charge on any atom is -0.396 e. The van der Waals surface area contributed by atoms with Crippen LogP contribution in [0.4, 0.5) is 5.69 Å². The molecule has 88 valence electrons. The Hall–Kier alpha value is -2.44. The molecule has 7 heteroatoms. The van der Waals surface area contributed by atoms with E-state index in [0.29, 0.717) is 17.9 Å². The Balaban J connectivity index is 2.04. The zero-order chi connectivity index (χ0) is 12.3. The molecular formula is C10H12N6O. The van der Waals surface area contributed by atoms with Gasteiger partial charge in [-0.2, -0.15) is 5.10 Å². The van der Waals surface area contributed by atoms with Crippen molar-refractivity contribution in [2.24, 2.45) is 7.05 Å². The number of hydrogen-bond donors (Lipinski definition) is 2. The van der Waals surface area contributed by atoms with Crippen LogP contribution < -0.4 is 11.1 Å². The molecule has 3 N–H and O–H groups in total. The quantitative estimate of drug-likeness (QED) is 0.758. The molecule has 2 aromatic rings. The molecule has 0 aliphatic rings. The Bertz CT molecular complexity index is 501. The molecule has 0 saturated carbocycles. The maximum atomic E-state index is 11.8. The largest absolute Gasteiger partial charge is 0.396 e. The lowest BCUT2D eigenvalue weighted by molar-refractivity contribution is 0.0942. The van der Waals surface area contributed by atoms with E-state index in [-0.39, 0.29) is 5.91 Å². The second-order valence-corrected chi connectivity index (χ2v) is 3.46. The van der Waals surface area contributed by atoms with Crippen LogP contribution in [0.2, 0.25) is 0 Å². The summed E-state index contributed by atoms with van der Waals surface area (Å²) < 4.78 is 1.44. The van der Waals surface area contributed by atoms with Crippen LogP contribution in [0.3, 0.4) is 0 Å². The van der Waals surface area contributed by atoms with E-state index in [2.05, 4.69) is 20.4 Å². The van der Waals surface area contributed by atoms with E-state index in [1.807, 2.05) is 0 Å². The van der Waals surface area contributed by atoms with Gasteiger partial charge < -0.3 is 11.1 Å². The van der Waals surface area contributed by atoms with Gasteiger partial charge >= 0.3 is 0 Å². The van der Waals surface area contributed by atoms with Crippen molar-refractivity contribution in [3.05, 3.63) is 36.2 Å². The molecule has 17 heavy (non-hydrogen) atoms. The van der Waals surface area contributed by atoms with Gasteiger partial charge in [-0.1, -0.05) is 0 Å². The summed E-state index contributed by atoms with van der Waals surface area (Å²) >= 11 is 0. The summed E-state index contributed by atoms with van der Waals surface area (Å²) in [5.41, 5.74) is 7.07. The highest BCUT2D eigenvalue weighted by Crippen LogP contribution is 2.08. The number of nitrogens with two attached hydrogens (primary N) is 1. The average molecular weight is 232 g/mol. The number of carbonyl (C=O) groups is 1. The molecule has 0 aromatic carbocycles. The number of carbonyl (C=O) groups excluding carboxylic acids is 1. The fourth-order valence-corrected chi connectivity index (χ4v) is 1.41. The zero-order valence-electron chi connectivity index (χ0n) is 9.29. The lowest BCUT2D eigenvalue weighted by Gasteiger charge is -2.05. The van der Waals surface area contributed by atoms with Crippen LogP contribution in [0.15, 0.2) is 24.8 Å². The van der Waals surface area contributed by atoms with E-state index >= 15 is 0 Å². The molecule has 0 unspecified atom stereocenters. The van der Waals surface area contributed by atoms with Crippen molar-refractivity contribution in [3.63, 3.8) is 0 Å². The van der Waals surface area contributed by atoms with Gasteiger partial charge in [-0.15, -0.1) is 0 Å². The van der Waals surface area contributed by atoms with E-state index in [1.54, 1.807) is 19.3 Å². The number of aromatic nitrogens is 4. The summed E-state index contributed by atoms with van der Waals surface area (Å²) in [4.78, 5) is 19.6. The van der Waals surface area contributed by atoms with Crippen LogP contribution in [0.1, 0.15) is 16.2 Å². The first-order valence-electron chi connectivity index (χ1n) is 4.99. The van der Waals surface area contributed by atoms with Crippen LogP contribution in [0.5, 0.6) is 0 Å². The molecule has 0 aliphatic carbocycles. The van der Waals surface area contributed by atoms with Gasteiger partial charge in [-0.05, 0) is 6.07 Å². The summed E-state index contributed by atoms with van der Waals surface area (Å²) in [6.07, 6.45) is 4.49. The molecule has 0 aliphatic heterocycles. The van der Waals surface area contributed by atoms with Gasteiger partial charge in [0.1, 0.15) is 12.0 Å². The van der Waals surface area contributed by atoms with Gasteiger partial charge in [-0.3, -0.25) is 9.48 Å². The number of hydrogen-bond acceptors (Lipinski definition) is 5. The van der Waals surface area contributed by atoms with Gasteiger partial charge in [0.2, 0.25) is 0 Å². The van der Waals surface area contributed by atoms with Crippen LogP contribution in [-0.2, 0) is 13.6 Å². The molecule has 2 aromatic heterocycles. The lowest BCUT2D eigenvalue weighted by Crippen LogP contribution is -2.26. The third kappa shape index (κ3) is 2.39. The van der Waals surface area contributed by atoms with Gasteiger partial charge in [0.25, 0.3) is 5.91 Å². The summed E-state index contributed by atoms with van der Waals surface area (Å²) in [5.74, 6) is -0.277. The van der Waals surface area contributed by atoms with Crippen LogP contribution in [-0.4, -0.2) is 25.7 Å². The van der Waals surface area contributed by atoms with Crippen molar-refractivity contribution >= 4 is 11.6 Å². The minimum absolute atomic E-state index is 0.277. The number of nitrogen functional groups attached to an aromatic ring is 1. The Morgan fingerprint density at radius 3 is 3.00 bits per heavy atom. The number of amides is 1. The molecule has 7 nitrogen and oxygen atoms in total. The monoisotopic (exact) mass is 232 g/mol. The summed E-state index contributed by atoms with van der Waals surface area (Å²) in [7, 11) is 1.66. The number of rotatable bonds is 3. The number of nitrogens with zero attached hydrogens (tertiary/aromatic N) is 4. The predicted molar refractivity (Wildman–Crippen MR) is 60.8 cm³/mol. The lowest BCUT2D eigenvalue weighted by atomic mass is 10.3. The van der Waals surface area contributed by atoms with Crippen LogP contribution in [0.25, 0.3) is 0 Å². The Morgan fingerprint density at radius 1 is 1.59 bits per heavy atom. The summed E-state index contributed by atoms with van der Waals surface area (Å²) in [6, 6.07) is 1.73. The van der Waals surface area contributed by atoms with Crippen molar-refractivity contribution in [1.29, 1.82) is 0 Å². The number of nitrogens with one attached hydrogen (secondary N) is 1. The normalized spacial score (nSPS) is 10.2. The van der Waals surface area contributed by atoms with Crippen molar-refractivity contribution in [1.82, 2.24) is 25.1 Å². The SMILES string of the molecule is Cn1ncc(N)c1C(=O)NCc1ccncn1. The first kappa shape index (κ1) is 11.1. The molecule has 1 amide bonds. The first-order valence-corrected chi connectivity index (χ1v) is 4.99. The van der Waals surface area contributed by atoms with Gasteiger partial charge in [0.15, 0.2) is 0 Å². The fraction of sp³-hybridized carbons (Fsp3) is 0.200. The van der Waals surface area contributed by atoms with Crippen molar-refractivity contribution in [3.8, 4) is 0 Å². The van der Waals surface area contributed by atoms with Gasteiger partial charge in [0.05, 0.1) is 24.1 Å². The van der Waals surface area contributed by atoms with E-state index < -0.39 is 0 Å². The average Bonchev–Trinajstić information content (AvgIpc) is 2.67. The van der Waals surface area contributed by atoms with Crippen molar-refractivity contribution in [2.75, 3.05) is 5.73 Å². The molecule has 2 rings (SSSR count). The molecule has 0 saturated heterocycles. The maximum absolute atomic E-state index is 11.8. The smallest absolute Gasteiger partial charge is 0.272 e. The Kier molecular flexibility index (Phi) is 2.99. The predicted octanol–water partition coefficient (Wildman–Crippen LogP) is -0.278. The zero-order valence-corrected chi connectivity index (χ0v) is 9.29. The molecule has 0 bridgehead atoms. The third-order valence-corrected chi connectivity index (χ3v) is 2.26. The van der Waals surface area contributed by atoms with Gasteiger partial charge in [-0.25, -0.2) is 9.97 Å². The van der Waals surface area contributed by atoms with Gasteiger partial charge in [0, 0.05) is 13.2 Å². The molecular weight excluding hydrogens is 220 g/mol. The second kappa shape index (κ2) is 4.60. The van der Waals surface area contributed by atoms with E-state index in [4.69, 9.17) is 5.73 Å². The second-order valence-electron chi connectivity index (χ2n) is 3.46. The molecule has 0 fully saturated rings. The number of aryl methyl sites for hydroxylation is 1. The highest BCUT2D eigenvalue weighted by atomic mass is 16.2. The van der Waals surface area contributed by atoms with Crippen molar-refractivity contribution in [2.45, 2.75) is 6.54 Å². The van der Waals surface area contributed by atoms with E-state index in [9.17, 15) is 4.79 Å². The topological polar surface area (TPSA) is 98.7 Å². The highest BCUT2D eigenvalue weighted by Gasteiger charge is 2.14. The fourth-order valence-electron chi connectivity index (χ4n) is 1.41. The van der Waals surface area contributed by atoms with Crippen LogP contribution in [0, 0.1) is 0 Å². The third-order valence-electron chi connectivity index (χ3n) is 2.26. The molecule has 2 heterocycles. The maximum Gasteiger partial charge on any atom is 0.272 e. The Labute approximate surface area is 97.7 Å². The summed E-state index contributed by atoms with van der Waals surface area (Å²) in [6.45, 7) is 0.325. The van der Waals surface area contributed by atoms with Crippen molar-refractivity contribution < 1.29 is 4.79 Å². The molecule has 0 atom stereocenters. The highest BCUT2D eigenvalue weighted by molar-refractivity contribution is 5.97. The first-order chi connectivity index (χ1) is 8.18.